The molecule has 0 saturated carbocycles. The van der Waals surface area contributed by atoms with Gasteiger partial charge in [-0.1, -0.05) is 12.1 Å². The fraction of sp³-hybridized carbons (Fsp3) is 0.533. The molecule has 2 saturated heterocycles. The standard InChI is InChI=1S/C15H19N3O4S/c19-14-11-23-15(12-3-1-2-4-13(12)18(20)21)17(14)6-5-16-7-9-22-10-8-16/h1-4,15H,5-11H2. The molecule has 2 heterocycles. The van der Waals surface area contributed by atoms with E-state index in [0.29, 0.717) is 17.9 Å². The maximum atomic E-state index is 12.2. The molecule has 7 nitrogen and oxygen atoms in total. The summed E-state index contributed by atoms with van der Waals surface area (Å²) in [5.41, 5.74) is 0.686. The van der Waals surface area contributed by atoms with Crippen molar-refractivity contribution in [1.82, 2.24) is 9.80 Å². The highest BCUT2D eigenvalue weighted by atomic mass is 32.2. The van der Waals surface area contributed by atoms with Crippen LogP contribution in [0.5, 0.6) is 0 Å². The number of thioether (sulfide) groups is 1. The van der Waals surface area contributed by atoms with Crippen molar-refractivity contribution in [1.29, 1.82) is 0 Å². The second kappa shape index (κ2) is 7.29. The first-order chi connectivity index (χ1) is 11.2. The number of morpholine rings is 1. The zero-order valence-corrected chi connectivity index (χ0v) is 13.5. The van der Waals surface area contributed by atoms with Crippen LogP contribution in [0, 0.1) is 10.1 Å². The fourth-order valence-corrected chi connectivity index (χ4v) is 4.14. The summed E-state index contributed by atoms with van der Waals surface area (Å²) in [6.07, 6.45) is 0. The molecule has 0 aromatic heterocycles. The molecular formula is C15H19N3O4S. The molecule has 1 atom stereocenters. The van der Waals surface area contributed by atoms with Gasteiger partial charge in [-0.25, -0.2) is 0 Å². The summed E-state index contributed by atoms with van der Waals surface area (Å²) in [6, 6.07) is 6.68. The van der Waals surface area contributed by atoms with Gasteiger partial charge in [0, 0.05) is 32.2 Å². The van der Waals surface area contributed by atoms with Crippen LogP contribution in [-0.4, -0.2) is 65.8 Å². The lowest BCUT2D eigenvalue weighted by Gasteiger charge is -2.30. The van der Waals surface area contributed by atoms with E-state index in [-0.39, 0.29) is 21.9 Å². The molecule has 2 aliphatic rings. The molecule has 1 amide bonds. The summed E-state index contributed by atoms with van der Waals surface area (Å²) in [5.74, 6) is 0.422. The highest BCUT2D eigenvalue weighted by Crippen LogP contribution is 2.41. The predicted octanol–water partition coefficient (Wildman–Crippen LogP) is 1.50. The Bertz CT molecular complexity index is 592. The largest absolute Gasteiger partial charge is 0.379 e. The summed E-state index contributed by atoms with van der Waals surface area (Å²) in [6.45, 7) is 4.53. The van der Waals surface area contributed by atoms with Gasteiger partial charge in [0.15, 0.2) is 0 Å². The summed E-state index contributed by atoms with van der Waals surface area (Å²) >= 11 is 1.46. The third-order valence-corrected chi connectivity index (χ3v) is 5.37. The van der Waals surface area contributed by atoms with Crippen LogP contribution in [0.1, 0.15) is 10.9 Å². The Morgan fingerprint density at radius 3 is 2.74 bits per heavy atom. The van der Waals surface area contributed by atoms with Gasteiger partial charge in [0.25, 0.3) is 5.69 Å². The van der Waals surface area contributed by atoms with Gasteiger partial charge in [-0.05, 0) is 6.07 Å². The van der Waals surface area contributed by atoms with E-state index in [1.54, 1.807) is 23.1 Å². The minimum atomic E-state index is -0.376. The Labute approximate surface area is 138 Å². The highest BCUT2D eigenvalue weighted by molar-refractivity contribution is 8.00. The molecule has 124 valence electrons. The third-order valence-electron chi connectivity index (χ3n) is 4.13. The van der Waals surface area contributed by atoms with Crippen LogP contribution in [0.2, 0.25) is 0 Å². The van der Waals surface area contributed by atoms with Gasteiger partial charge >= 0.3 is 0 Å². The topological polar surface area (TPSA) is 75.9 Å². The van der Waals surface area contributed by atoms with Crippen LogP contribution in [-0.2, 0) is 9.53 Å². The molecule has 1 aromatic carbocycles. The number of ether oxygens (including phenoxy) is 1. The summed E-state index contributed by atoms with van der Waals surface area (Å²) in [7, 11) is 0. The lowest BCUT2D eigenvalue weighted by Crippen LogP contribution is -2.42. The van der Waals surface area contributed by atoms with Gasteiger partial charge < -0.3 is 9.64 Å². The average Bonchev–Trinajstić information content (AvgIpc) is 2.94. The second-order valence-electron chi connectivity index (χ2n) is 5.52. The van der Waals surface area contributed by atoms with Gasteiger partial charge in [0.2, 0.25) is 5.91 Å². The third kappa shape index (κ3) is 3.65. The van der Waals surface area contributed by atoms with Gasteiger partial charge in [0.05, 0.1) is 29.5 Å². The molecule has 23 heavy (non-hydrogen) atoms. The average molecular weight is 337 g/mol. The van der Waals surface area contributed by atoms with Gasteiger partial charge in [0.1, 0.15) is 5.37 Å². The molecule has 3 rings (SSSR count). The number of hydrogen-bond donors (Lipinski definition) is 0. The maximum Gasteiger partial charge on any atom is 0.275 e. The van der Waals surface area contributed by atoms with Crippen molar-refractivity contribution in [2.75, 3.05) is 45.1 Å². The Morgan fingerprint density at radius 2 is 2.00 bits per heavy atom. The zero-order valence-electron chi connectivity index (χ0n) is 12.7. The van der Waals surface area contributed by atoms with E-state index < -0.39 is 0 Å². The molecule has 0 aliphatic carbocycles. The number of carbonyl (C=O) groups is 1. The van der Waals surface area contributed by atoms with Crippen molar-refractivity contribution >= 4 is 23.4 Å². The Hall–Kier alpha value is -1.64. The molecule has 1 unspecified atom stereocenters. The van der Waals surface area contributed by atoms with Crippen molar-refractivity contribution in [2.24, 2.45) is 0 Å². The molecule has 0 bridgehead atoms. The molecule has 2 aliphatic heterocycles. The van der Waals surface area contributed by atoms with E-state index in [1.807, 2.05) is 0 Å². The number of para-hydroxylation sites is 1. The van der Waals surface area contributed by atoms with Crippen molar-refractivity contribution < 1.29 is 14.5 Å². The van der Waals surface area contributed by atoms with Crippen LogP contribution in [0.4, 0.5) is 5.69 Å². The highest BCUT2D eigenvalue weighted by Gasteiger charge is 2.36. The summed E-state index contributed by atoms with van der Waals surface area (Å²) < 4.78 is 5.32. The van der Waals surface area contributed by atoms with Crippen molar-refractivity contribution in [3.8, 4) is 0 Å². The Kier molecular flexibility index (Phi) is 5.14. The lowest BCUT2D eigenvalue weighted by atomic mass is 10.1. The van der Waals surface area contributed by atoms with Crippen LogP contribution in [0.15, 0.2) is 24.3 Å². The number of rotatable bonds is 5. The van der Waals surface area contributed by atoms with Gasteiger partial charge in [-0.3, -0.25) is 19.8 Å². The van der Waals surface area contributed by atoms with E-state index in [9.17, 15) is 14.9 Å². The normalized spacial score (nSPS) is 22.5. The number of nitrogens with zero attached hydrogens (tertiary/aromatic N) is 3. The number of nitro benzene ring substituents is 1. The van der Waals surface area contributed by atoms with Crippen LogP contribution >= 0.6 is 11.8 Å². The molecule has 1 aromatic rings. The van der Waals surface area contributed by atoms with Crippen LogP contribution in [0.25, 0.3) is 0 Å². The summed E-state index contributed by atoms with van der Waals surface area (Å²) in [5, 5.41) is 11.0. The maximum absolute atomic E-state index is 12.2. The number of hydrogen-bond acceptors (Lipinski definition) is 6. The first-order valence-electron chi connectivity index (χ1n) is 7.61. The lowest BCUT2D eigenvalue weighted by molar-refractivity contribution is -0.385. The van der Waals surface area contributed by atoms with E-state index in [4.69, 9.17) is 4.74 Å². The van der Waals surface area contributed by atoms with Gasteiger partial charge in [-0.2, -0.15) is 0 Å². The SMILES string of the molecule is O=C1CSC(c2ccccc2[N+](=O)[O-])N1CCN1CCOCC1. The quantitative estimate of drug-likeness (QED) is 0.599. The van der Waals surface area contributed by atoms with Gasteiger partial charge in [-0.15, -0.1) is 11.8 Å². The molecule has 0 radical (unpaired) electrons. The molecule has 8 heteroatoms. The number of benzene rings is 1. The minimum absolute atomic E-state index is 0.0476. The van der Waals surface area contributed by atoms with E-state index in [0.717, 1.165) is 32.8 Å². The Morgan fingerprint density at radius 1 is 1.26 bits per heavy atom. The van der Waals surface area contributed by atoms with E-state index in [1.165, 1.54) is 17.8 Å². The minimum Gasteiger partial charge on any atom is -0.379 e. The van der Waals surface area contributed by atoms with Crippen molar-refractivity contribution in [3.05, 3.63) is 39.9 Å². The number of amides is 1. The first kappa shape index (κ1) is 16.2. The van der Waals surface area contributed by atoms with Crippen molar-refractivity contribution in [3.63, 3.8) is 0 Å². The van der Waals surface area contributed by atoms with E-state index in [2.05, 4.69) is 4.90 Å². The molecule has 0 N–H and O–H groups in total. The first-order valence-corrected chi connectivity index (χ1v) is 8.66. The van der Waals surface area contributed by atoms with Crippen LogP contribution < -0.4 is 0 Å². The van der Waals surface area contributed by atoms with Crippen molar-refractivity contribution in [2.45, 2.75) is 5.37 Å². The predicted molar refractivity (Wildman–Crippen MR) is 87.3 cm³/mol. The number of carbonyl (C=O) groups excluding carboxylic acids is 1. The van der Waals surface area contributed by atoms with E-state index >= 15 is 0 Å². The fourth-order valence-electron chi connectivity index (χ4n) is 2.89. The number of nitro groups is 1. The smallest absolute Gasteiger partial charge is 0.275 e. The molecule has 0 spiro atoms. The zero-order chi connectivity index (χ0) is 16.2. The second-order valence-corrected chi connectivity index (χ2v) is 6.59. The molecule has 2 fully saturated rings. The summed E-state index contributed by atoms with van der Waals surface area (Å²) in [4.78, 5) is 27.1. The van der Waals surface area contributed by atoms with Crippen LogP contribution in [0.3, 0.4) is 0 Å². The monoisotopic (exact) mass is 337 g/mol. The Balaban J connectivity index is 1.73. The molecular weight excluding hydrogens is 318 g/mol.